The van der Waals surface area contributed by atoms with Crippen molar-refractivity contribution in [3.05, 3.63) is 99.5 Å². The molecule has 142 valence electrons. The van der Waals surface area contributed by atoms with Gasteiger partial charge in [0, 0.05) is 15.6 Å². The van der Waals surface area contributed by atoms with Gasteiger partial charge in [-0.25, -0.2) is 4.79 Å². The number of halogens is 1. The number of hydrogen-bond donors (Lipinski definition) is 0. The van der Waals surface area contributed by atoms with Crippen molar-refractivity contribution in [2.75, 3.05) is 7.11 Å². The van der Waals surface area contributed by atoms with Crippen LogP contribution in [0, 0.1) is 6.92 Å². The van der Waals surface area contributed by atoms with Crippen LogP contribution < -0.4 is 4.74 Å². The molecular weight excluding hydrogens is 420 g/mol. The summed E-state index contributed by atoms with van der Waals surface area (Å²) in [6, 6.07) is 21.5. The van der Waals surface area contributed by atoms with Crippen LogP contribution in [-0.2, 0) is 9.53 Å². The van der Waals surface area contributed by atoms with Gasteiger partial charge >= 0.3 is 5.97 Å². The second-order valence-corrected chi connectivity index (χ2v) is 7.03. The minimum absolute atomic E-state index is 0.175. The second kappa shape index (κ2) is 8.85. The van der Waals surface area contributed by atoms with Gasteiger partial charge in [0.1, 0.15) is 5.75 Å². The van der Waals surface area contributed by atoms with Gasteiger partial charge in [-0.2, -0.15) is 0 Å². The molecule has 3 aromatic carbocycles. The fourth-order valence-electron chi connectivity index (χ4n) is 2.89. The Morgan fingerprint density at radius 3 is 2.11 bits per heavy atom. The number of rotatable bonds is 6. The third-order valence-corrected chi connectivity index (χ3v) is 5.25. The van der Waals surface area contributed by atoms with Crippen molar-refractivity contribution in [1.82, 2.24) is 0 Å². The van der Waals surface area contributed by atoms with Crippen molar-refractivity contribution in [3.8, 4) is 5.75 Å². The zero-order valence-corrected chi connectivity index (χ0v) is 17.1. The van der Waals surface area contributed by atoms with Gasteiger partial charge < -0.3 is 9.47 Å². The van der Waals surface area contributed by atoms with Crippen LogP contribution in [0.5, 0.6) is 5.75 Å². The highest BCUT2D eigenvalue weighted by molar-refractivity contribution is 9.10. The summed E-state index contributed by atoms with van der Waals surface area (Å²) < 4.78 is 11.8. The third-order valence-electron chi connectivity index (χ3n) is 4.39. The highest BCUT2D eigenvalue weighted by Crippen LogP contribution is 2.33. The Labute approximate surface area is 172 Å². The van der Waals surface area contributed by atoms with Crippen molar-refractivity contribution in [3.63, 3.8) is 0 Å². The molecule has 3 aromatic rings. The molecule has 0 amide bonds. The molecule has 5 heteroatoms. The Kier molecular flexibility index (Phi) is 6.26. The molecule has 0 aliphatic carbocycles. The molecule has 0 fully saturated rings. The number of benzene rings is 3. The van der Waals surface area contributed by atoms with Gasteiger partial charge in [-0.3, -0.25) is 4.79 Å². The monoisotopic (exact) mass is 438 g/mol. The van der Waals surface area contributed by atoms with Gasteiger partial charge in [0.25, 0.3) is 0 Å². The van der Waals surface area contributed by atoms with Crippen LogP contribution in [-0.4, -0.2) is 18.9 Å². The molecule has 3 rings (SSSR count). The van der Waals surface area contributed by atoms with Crippen molar-refractivity contribution < 1.29 is 19.1 Å². The van der Waals surface area contributed by atoms with Crippen LogP contribution in [0.15, 0.2) is 77.3 Å². The number of ketones is 1. The maximum absolute atomic E-state index is 13.2. The standard InChI is InChI=1S/C23H19BrO4/c1-15-18(24)13-14-19(20(15)21(25)16-9-5-3-6-10-16)28-22(23(26)27-2)17-11-7-4-8-12-17/h3-14,22H,1-2H3. The van der Waals surface area contributed by atoms with E-state index >= 15 is 0 Å². The molecule has 0 spiro atoms. The van der Waals surface area contributed by atoms with Gasteiger partial charge in [0.15, 0.2) is 5.78 Å². The summed E-state index contributed by atoms with van der Waals surface area (Å²) in [5.41, 5.74) is 2.34. The predicted octanol–water partition coefficient (Wildman–Crippen LogP) is 5.28. The number of esters is 1. The summed E-state index contributed by atoms with van der Waals surface area (Å²) in [5.74, 6) is -0.384. The van der Waals surface area contributed by atoms with E-state index in [9.17, 15) is 9.59 Å². The van der Waals surface area contributed by atoms with Crippen molar-refractivity contribution in [2.45, 2.75) is 13.0 Å². The normalized spacial score (nSPS) is 11.5. The van der Waals surface area contributed by atoms with Crippen LogP contribution in [0.2, 0.25) is 0 Å². The first kappa shape index (κ1) is 19.8. The van der Waals surface area contributed by atoms with E-state index < -0.39 is 12.1 Å². The van der Waals surface area contributed by atoms with Crippen molar-refractivity contribution in [2.24, 2.45) is 0 Å². The lowest BCUT2D eigenvalue weighted by Gasteiger charge is -2.20. The van der Waals surface area contributed by atoms with Gasteiger partial charge in [0.05, 0.1) is 12.7 Å². The number of hydrogen-bond acceptors (Lipinski definition) is 4. The summed E-state index contributed by atoms with van der Waals surface area (Å²) in [4.78, 5) is 25.6. The second-order valence-electron chi connectivity index (χ2n) is 6.17. The average Bonchev–Trinajstić information content (AvgIpc) is 2.74. The Balaban J connectivity index is 2.07. The Morgan fingerprint density at radius 1 is 0.893 bits per heavy atom. The number of methoxy groups -OCH3 is 1. The lowest BCUT2D eigenvalue weighted by molar-refractivity contribution is -0.149. The quantitative estimate of drug-likeness (QED) is 0.387. The molecule has 0 saturated heterocycles. The summed E-state index contributed by atoms with van der Waals surface area (Å²) >= 11 is 3.48. The van der Waals surface area contributed by atoms with E-state index in [0.717, 1.165) is 10.0 Å². The average molecular weight is 439 g/mol. The van der Waals surface area contributed by atoms with E-state index in [1.165, 1.54) is 7.11 Å². The first-order valence-corrected chi connectivity index (χ1v) is 9.50. The highest BCUT2D eigenvalue weighted by atomic mass is 79.9. The topological polar surface area (TPSA) is 52.6 Å². The van der Waals surface area contributed by atoms with E-state index in [0.29, 0.717) is 22.4 Å². The molecule has 1 unspecified atom stereocenters. The largest absolute Gasteiger partial charge is 0.473 e. The Bertz CT molecular complexity index is 984. The summed E-state index contributed by atoms with van der Waals surface area (Å²) in [7, 11) is 1.31. The van der Waals surface area contributed by atoms with Gasteiger partial charge in [0.2, 0.25) is 6.10 Å². The first-order valence-electron chi connectivity index (χ1n) is 8.71. The molecule has 1 atom stereocenters. The van der Waals surface area contributed by atoms with Gasteiger partial charge in [-0.1, -0.05) is 76.6 Å². The summed E-state index contributed by atoms with van der Waals surface area (Å²) in [5, 5.41) is 0. The third kappa shape index (κ3) is 4.15. The maximum Gasteiger partial charge on any atom is 0.351 e. The van der Waals surface area contributed by atoms with E-state index in [4.69, 9.17) is 9.47 Å². The number of carbonyl (C=O) groups excluding carboxylic acids is 2. The highest BCUT2D eigenvalue weighted by Gasteiger charge is 2.27. The minimum Gasteiger partial charge on any atom is -0.473 e. The zero-order chi connectivity index (χ0) is 20.1. The molecule has 4 nitrogen and oxygen atoms in total. The molecule has 0 saturated carbocycles. The van der Waals surface area contributed by atoms with E-state index in [2.05, 4.69) is 15.9 Å². The van der Waals surface area contributed by atoms with Crippen LogP contribution in [0.4, 0.5) is 0 Å². The minimum atomic E-state index is -0.978. The van der Waals surface area contributed by atoms with E-state index in [1.54, 1.807) is 36.4 Å². The fraction of sp³-hybridized carbons (Fsp3) is 0.130. The van der Waals surface area contributed by atoms with Gasteiger partial charge in [-0.15, -0.1) is 0 Å². The Hall–Kier alpha value is -2.92. The smallest absolute Gasteiger partial charge is 0.351 e. The predicted molar refractivity (Wildman–Crippen MR) is 111 cm³/mol. The van der Waals surface area contributed by atoms with Crippen LogP contribution in [0.1, 0.15) is 33.2 Å². The maximum atomic E-state index is 13.2. The molecule has 0 N–H and O–H groups in total. The molecule has 28 heavy (non-hydrogen) atoms. The van der Waals surface area contributed by atoms with Crippen LogP contribution in [0.3, 0.4) is 0 Å². The molecule has 0 aromatic heterocycles. The molecule has 0 aliphatic rings. The molecule has 0 aliphatic heterocycles. The summed E-state index contributed by atoms with van der Waals surface area (Å²) in [6.07, 6.45) is -0.978. The van der Waals surface area contributed by atoms with E-state index in [-0.39, 0.29) is 5.78 Å². The van der Waals surface area contributed by atoms with Crippen LogP contribution >= 0.6 is 15.9 Å². The van der Waals surface area contributed by atoms with Gasteiger partial charge in [-0.05, 0) is 24.6 Å². The van der Waals surface area contributed by atoms with Crippen LogP contribution in [0.25, 0.3) is 0 Å². The van der Waals surface area contributed by atoms with Crippen molar-refractivity contribution in [1.29, 1.82) is 0 Å². The van der Waals surface area contributed by atoms with Crippen molar-refractivity contribution >= 4 is 27.7 Å². The number of carbonyl (C=O) groups is 2. The lowest BCUT2D eigenvalue weighted by Crippen LogP contribution is -2.21. The zero-order valence-electron chi connectivity index (χ0n) is 15.5. The first-order chi connectivity index (χ1) is 13.5. The Morgan fingerprint density at radius 2 is 1.50 bits per heavy atom. The van der Waals surface area contributed by atoms with E-state index in [1.807, 2.05) is 43.3 Å². The number of ether oxygens (including phenoxy) is 2. The lowest BCUT2D eigenvalue weighted by atomic mass is 9.98. The molecule has 0 heterocycles. The molecular formula is C23H19BrO4. The fourth-order valence-corrected chi connectivity index (χ4v) is 3.22. The summed E-state index contributed by atoms with van der Waals surface area (Å²) in [6.45, 7) is 1.84. The molecule has 0 radical (unpaired) electrons. The SMILES string of the molecule is COC(=O)C(Oc1ccc(Br)c(C)c1C(=O)c1ccccc1)c1ccccc1. The molecule has 0 bridgehead atoms.